The summed E-state index contributed by atoms with van der Waals surface area (Å²) in [7, 11) is 1.58. The van der Waals surface area contributed by atoms with Crippen LogP contribution in [0.15, 0.2) is 59.1 Å². The standard InChI is InChI=1S/C19H16N4O3/c1-26-12-8-6-11(7-9-12)23-10-15(24)16(17(23)20)18-21-14-5-3-2-4-13(14)19(25)22-18/h2-9,20,24H,10H2,1H3,(H,21,22,25). The molecule has 26 heavy (non-hydrogen) atoms. The van der Waals surface area contributed by atoms with Crippen LogP contribution in [0.4, 0.5) is 5.69 Å². The van der Waals surface area contributed by atoms with Gasteiger partial charge >= 0.3 is 0 Å². The second kappa shape index (κ2) is 6.03. The number of aromatic nitrogens is 2. The minimum atomic E-state index is -0.304. The van der Waals surface area contributed by atoms with Gasteiger partial charge in [-0.05, 0) is 36.4 Å². The van der Waals surface area contributed by atoms with E-state index in [9.17, 15) is 9.90 Å². The van der Waals surface area contributed by atoms with Gasteiger partial charge in [0.25, 0.3) is 5.56 Å². The molecule has 1 aromatic heterocycles. The highest BCUT2D eigenvalue weighted by Gasteiger charge is 2.31. The Bertz CT molecular complexity index is 1100. The van der Waals surface area contributed by atoms with Crippen LogP contribution in [0, 0.1) is 5.41 Å². The Morgan fingerprint density at radius 1 is 1.19 bits per heavy atom. The number of nitrogens with one attached hydrogen (secondary N) is 2. The van der Waals surface area contributed by atoms with E-state index in [0.717, 1.165) is 5.69 Å². The van der Waals surface area contributed by atoms with Gasteiger partial charge in [-0.1, -0.05) is 12.1 Å². The van der Waals surface area contributed by atoms with E-state index in [-0.39, 0.29) is 35.1 Å². The van der Waals surface area contributed by atoms with Crippen LogP contribution in [-0.4, -0.2) is 34.6 Å². The Labute approximate surface area is 148 Å². The van der Waals surface area contributed by atoms with E-state index in [1.807, 2.05) is 0 Å². The normalized spacial score (nSPS) is 14.3. The van der Waals surface area contributed by atoms with Crippen molar-refractivity contribution in [1.29, 1.82) is 5.41 Å². The summed E-state index contributed by atoms with van der Waals surface area (Å²) in [4.78, 5) is 21.0. The molecular weight excluding hydrogens is 332 g/mol. The quantitative estimate of drug-likeness (QED) is 0.675. The highest BCUT2D eigenvalue weighted by Crippen LogP contribution is 2.30. The average Bonchev–Trinajstić information content (AvgIpc) is 2.96. The number of hydrogen-bond acceptors (Lipinski definition) is 5. The Kier molecular flexibility index (Phi) is 3.69. The van der Waals surface area contributed by atoms with Crippen molar-refractivity contribution in [2.24, 2.45) is 0 Å². The fourth-order valence-corrected chi connectivity index (χ4v) is 3.02. The van der Waals surface area contributed by atoms with E-state index >= 15 is 0 Å². The molecule has 2 heterocycles. The minimum Gasteiger partial charge on any atom is -0.509 e. The van der Waals surface area contributed by atoms with Crippen molar-refractivity contribution in [3.63, 3.8) is 0 Å². The van der Waals surface area contributed by atoms with Crippen LogP contribution in [0.5, 0.6) is 5.75 Å². The molecule has 0 amide bonds. The lowest BCUT2D eigenvalue weighted by molar-refractivity contribution is 0.411. The number of aliphatic hydroxyl groups is 1. The summed E-state index contributed by atoms with van der Waals surface area (Å²) in [5, 5.41) is 19.3. The first-order chi connectivity index (χ1) is 12.6. The monoisotopic (exact) mass is 348 g/mol. The number of anilines is 1. The van der Waals surface area contributed by atoms with Gasteiger partial charge in [0.15, 0.2) is 0 Å². The number of nitrogens with zero attached hydrogens (tertiary/aromatic N) is 2. The zero-order valence-electron chi connectivity index (χ0n) is 14.0. The van der Waals surface area contributed by atoms with Crippen molar-refractivity contribution in [1.82, 2.24) is 9.97 Å². The lowest BCUT2D eigenvalue weighted by atomic mass is 10.2. The molecule has 0 unspecified atom stereocenters. The second-order valence-electron chi connectivity index (χ2n) is 5.89. The highest BCUT2D eigenvalue weighted by atomic mass is 16.5. The summed E-state index contributed by atoms with van der Waals surface area (Å²) in [5.74, 6) is 0.958. The van der Waals surface area contributed by atoms with Gasteiger partial charge in [0.05, 0.1) is 30.1 Å². The zero-order chi connectivity index (χ0) is 18.3. The summed E-state index contributed by atoms with van der Waals surface area (Å²) in [6.07, 6.45) is 0. The molecule has 1 aliphatic rings. The highest BCUT2D eigenvalue weighted by molar-refractivity contribution is 6.30. The van der Waals surface area contributed by atoms with Crippen LogP contribution in [0.1, 0.15) is 5.82 Å². The molecule has 0 aliphatic carbocycles. The maximum absolute atomic E-state index is 12.3. The Morgan fingerprint density at radius 2 is 1.92 bits per heavy atom. The van der Waals surface area contributed by atoms with E-state index in [2.05, 4.69) is 9.97 Å². The number of H-pyrrole nitrogens is 1. The second-order valence-corrected chi connectivity index (χ2v) is 5.89. The molecule has 4 rings (SSSR count). The smallest absolute Gasteiger partial charge is 0.259 e. The molecule has 3 N–H and O–H groups in total. The zero-order valence-corrected chi connectivity index (χ0v) is 14.0. The number of ether oxygens (including phenoxy) is 1. The van der Waals surface area contributed by atoms with Crippen LogP contribution in [0.25, 0.3) is 16.5 Å². The molecule has 0 spiro atoms. The van der Waals surface area contributed by atoms with Crippen LogP contribution in [0.3, 0.4) is 0 Å². The number of hydrogen-bond donors (Lipinski definition) is 3. The SMILES string of the molecule is COc1ccc(N2CC(O)=C(c3nc4ccccc4c(=O)[nH]3)C2=N)cc1. The van der Waals surface area contributed by atoms with Gasteiger partial charge in [0.2, 0.25) is 0 Å². The number of rotatable bonds is 3. The Morgan fingerprint density at radius 3 is 2.65 bits per heavy atom. The van der Waals surface area contributed by atoms with Crippen molar-refractivity contribution in [2.75, 3.05) is 18.6 Å². The first-order valence-corrected chi connectivity index (χ1v) is 8.00. The molecule has 7 nitrogen and oxygen atoms in total. The molecule has 0 radical (unpaired) electrons. The molecule has 7 heteroatoms. The Hall–Kier alpha value is -3.61. The number of para-hydroxylation sites is 1. The fraction of sp³-hybridized carbons (Fsp3) is 0.105. The maximum Gasteiger partial charge on any atom is 0.259 e. The van der Waals surface area contributed by atoms with Crippen LogP contribution in [-0.2, 0) is 0 Å². The van der Waals surface area contributed by atoms with Crippen molar-refractivity contribution in [2.45, 2.75) is 0 Å². The Balaban J connectivity index is 1.74. The molecule has 0 saturated carbocycles. The van der Waals surface area contributed by atoms with E-state index < -0.39 is 0 Å². The number of benzene rings is 2. The predicted octanol–water partition coefficient (Wildman–Crippen LogP) is 2.70. The lowest BCUT2D eigenvalue weighted by Gasteiger charge is -2.19. The minimum absolute atomic E-state index is 0.00995. The van der Waals surface area contributed by atoms with Crippen molar-refractivity contribution in [3.05, 3.63) is 70.5 Å². The molecule has 0 fully saturated rings. The molecule has 1 aliphatic heterocycles. The van der Waals surface area contributed by atoms with E-state index in [1.165, 1.54) is 0 Å². The topological polar surface area (TPSA) is 102 Å². The molecule has 0 bridgehead atoms. The number of aliphatic hydroxyl groups excluding tert-OH is 1. The molecular formula is C19H16N4O3. The summed E-state index contributed by atoms with van der Waals surface area (Å²) in [6, 6.07) is 14.1. The lowest BCUT2D eigenvalue weighted by Crippen LogP contribution is -2.26. The van der Waals surface area contributed by atoms with Crippen molar-refractivity contribution >= 4 is 28.0 Å². The third kappa shape index (κ3) is 2.50. The third-order valence-electron chi connectivity index (χ3n) is 4.34. The van der Waals surface area contributed by atoms with Gasteiger partial charge in [-0.15, -0.1) is 0 Å². The van der Waals surface area contributed by atoms with Crippen molar-refractivity contribution < 1.29 is 9.84 Å². The molecule has 0 saturated heterocycles. The summed E-state index contributed by atoms with van der Waals surface area (Å²) in [6.45, 7) is 0.136. The number of methoxy groups -OCH3 is 1. The summed E-state index contributed by atoms with van der Waals surface area (Å²) >= 11 is 0. The predicted molar refractivity (Wildman–Crippen MR) is 100.0 cm³/mol. The third-order valence-corrected chi connectivity index (χ3v) is 4.34. The molecule has 3 aromatic rings. The number of amidine groups is 1. The number of fused-ring (bicyclic) bond motifs is 1. The van der Waals surface area contributed by atoms with E-state index in [4.69, 9.17) is 10.1 Å². The van der Waals surface area contributed by atoms with Gasteiger partial charge in [-0.25, -0.2) is 4.98 Å². The maximum atomic E-state index is 12.3. The van der Waals surface area contributed by atoms with Gasteiger partial charge < -0.3 is 19.7 Å². The van der Waals surface area contributed by atoms with Crippen molar-refractivity contribution in [3.8, 4) is 5.75 Å². The molecule has 2 aromatic carbocycles. The van der Waals surface area contributed by atoms with E-state index in [0.29, 0.717) is 16.7 Å². The van der Waals surface area contributed by atoms with E-state index in [1.54, 1.807) is 60.5 Å². The van der Waals surface area contributed by atoms with Crippen LogP contribution in [0.2, 0.25) is 0 Å². The van der Waals surface area contributed by atoms with Crippen LogP contribution < -0.4 is 15.2 Å². The van der Waals surface area contributed by atoms with Crippen LogP contribution >= 0.6 is 0 Å². The molecule has 130 valence electrons. The van der Waals surface area contributed by atoms with Gasteiger partial charge in [0.1, 0.15) is 23.2 Å². The first-order valence-electron chi connectivity index (χ1n) is 8.00. The average molecular weight is 348 g/mol. The largest absolute Gasteiger partial charge is 0.509 e. The summed E-state index contributed by atoms with van der Waals surface area (Å²) in [5.41, 5.74) is 1.17. The van der Waals surface area contributed by atoms with Gasteiger partial charge in [0, 0.05) is 5.69 Å². The first kappa shape index (κ1) is 15.9. The fourth-order valence-electron chi connectivity index (χ4n) is 3.02. The molecule has 0 atom stereocenters. The summed E-state index contributed by atoms with van der Waals surface area (Å²) < 4.78 is 5.14. The number of aromatic amines is 1. The van der Waals surface area contributed by atoms with Gasteiger partial charge in [-0.3, -0.25) is 10.2 Å². The van der Waals surface area contributed by atoms with Gasteiger partial charge in [-0.2, -0.15) is 0 Å².